The van der Waals surface area contributed by atoms with Gasteiger partial charge in [-0.3, -0.25) is 9.79 Å². The summed E-state index contributed by atoms with van der Waals surface area (Å²) in [6, 6.07) is 7.93. The summed E-state index contributed by atoms with van der Waals surface area (Å²) in [4.78, 5) is 15.7. The molecule has 1 aliphatic rings. The summed E-state index contributed by atoms with van der Waals surface area (Å²) in [6.07, 6.45) is 0. The summed E-state index contributed by atoms with van der Waals surface area (Å²) >= 11 is 1.67. The third-order valence-corrected chi connectivity index (χ3v) is 3.99. The van der Waals surface area contributed by atoms with Crippen molar-refractivity contribution in [3.05, 3.63) is 29.8 Å². The number of thioether (sulfide) groups is 1. The van der Waals surface area contributed by atoms with Crippen molar-refractivity contribution in [1.29, 1.82) is 0 Å². The van der Waals surface area contributed by atoms with E-state index in [-0.39, 0.29) is 18.0 Å². The molecule has 1 amide bonds. The van der Waals surface area contributed by atoms with Gasteiger partial charge in [0, 0.05) is 23.9 Å². The standard InChI is InChI=1S/C13H17N3OS/c1-8-12(16-9(2)17)7-18-13(15-8)10-3-5-11(14)6-4-10/h3-6,8,12H,7,14H2,1-2H3,(H,16,17)/t8-,12?/m1/s1. The molecule has 0 aromatic heterocycles. The molecule has 0 spiro atoms. The maximum absolute atomic E-state index is 11.1. The van der Waals surface area contributed by atoms with E-state index >= 15 is 0 Å². The minimum atomic E-state index is -0.00131. The number of nitrogens with one attached hydrogen (secondary N) is 1. The third-order valence-electron chi connectivity index (χ3n) is 2.85. The van der Waals surface area contributed by atoms with Gasteiger partial charge in [0.2, 0.25) is 5.91 Å². The number of nitrogen functional groups attached to an aromatic ring is 1. The first-order chi connectivity index (χ1) is 8.56. The van der Waals surface area contributed by atoms with Crippen LogP contribution in [0.5, 0.6) is 0 Å². The van der Waals surface area contributed by atoms with Crippen LogP contribution in [0.3, 0.4) is 0 Å². The van der Waals surface area contributed by atoms with E-state index in [1.807, 2.05) is 31.2 Å². The highest BCUT2D eigenvalue weighted by Crippen LogP contribution is 2.23. The van der Waals surface area contributed by atoms with Crippen LogP contribution < -0.4 is 11.1 Å². The second-order valence-corrected chi connectivity index (χ2v) is 5.42. The lowest BCUT2D eigenvalue weighted by Crippen LogP contribution is -2.44. The Labute approximate surface area is 111 Å². The molecule has 96 valence electrons. The molecule has 0 radical (unpaired) electrons. The molecule has 0 aliphatic carbocycles. The quantitative estimate of drug-likeness (QED) is 0.797. The van der Waals surface area contributed by atoms with E-state index in [0.717, 1.165) is 22.0 Å². The first-order valence-electron chi connectivity index (χ1n) is 5.90. The lowest BCUT2D eigenvalue weighted by Gasteiger charge is -2.27. The van der Waals surface area contributed by atoms with Gasteiger partial charge in [0.25, 0.3) is 0 Å². The molecular weight excluding hydrogens is 246 g/mol. The van der Waals surface area contributed by atoms with Crippen LogP contribution in [0, 0.1) is 0 Å². The van der Waals surface area contributed by atoms with Crippen LogP contribution in [0.2, 0.25) is 0 Å². The molecule has 5 heteroatoms. The molecule has 2 atom stereocenters. The van der Waals surface area contributed by atoms with Gasteiger partial charge >= 0.3 is 0 Å². The van der Waals surface area contributed by atoms with Crippen molar-refractivity contribution in [2.24, 2.45) is 4.99 Å². The SMILES string of the molecule is CC(=O)NC1CSC(c2ccc(N)cc2)=N[C@@H]1C. The average Bonchev–Trinajstić information content (AvgIpc) is 2.32. The minimum absolute atomic E-state index is 0.00131. The van der Waals surface area contributed by atoms with Crippen LogP contribution in [0.1, 0.15) is 19.4 Å². The van der Waals surface area contributed by atoms with Crippen LogP contribution in [0.15, 0.2) is 29.3 Å². The molecule has 0 saturated carbocycles. The first-order valence-corrected chi connectivity index (χ1v) is 6.88. The van der Waals surface area contributed by atoms with E-state index in [1.165, 1.54) is 6.92 Å². The molecule has 0 bridgehead atoms. The molecule has 2 rings (SSSR count). The van der Waals surface area contributed by atoms with Gasteiger partial charge in [0.1, 0.15) is 0 Å². The first kappa shape index (κ1) is 13.0. The number of aliphatic imine (C=N–C) groups is 1. The van der Waals surface area contributed by atoms with Crippen LogP contribution >= 0.6 is 11.8 Å². The molecular formula is C13H17N3OS. The topological polar surface area (TPSA) is 67.5 Å². The molecule has 4 nitrogen and oxygen atoms in total. The zero-order valence-electron chi connectivity index (χ0n) is 10.5. The molecule has 1 heterocycles. The van der Waals surface area contributed by atoms with E-state index in [2.05, 4.69) is 10.3 Å². The van der Waals surface area contributed by atoms with Gasteiger partial charge in [-0.2, -0.15) is 0 Å². The number of rotatable bonds is 2. The Bertz CT molecular complexity index is 470. The number of carbonyl (C=O) groups is 1. The predicted molar refractivity (Wildman–Crippen MR) is 76.9 cm³/mol. The Kier molecular flexibility index (Phi) is 3.91. The van der Waals surface area contributed by atoms with Gasteiger partial charge in [-0.25, -0.2) is 0 Å². The highest BCUT2D eigenvalue weighted by molar-refractivity contribution is 8.14. The summed E-state index contributed by atoms with van der Waals surface area (Å²) in [7, 11) is 0. The monoisotopic (exact) mass is 263 g/mol. The van der Waals surface area contributed by atoms with Gasteiger partial charge < -0.3 is 11.1 Å². The van der Waals surface area contributed by atoms with Crippen LogP contribution in [-0.4, -0.2) is 28.8 Å². The summed E-state index contributed by atoms with van der Waals surface area (Å²) in [5.74, 6) is 0.850. The average molecular weight is 263 g/mol. The lowest BCUT2D eigenvalue weighted by atomic mass is 10.1. The number of amides is 1. The zero-order valence-corrected chi connectivity index (χ0v) is 11.3. The number of anilines is 1. The predicted octanol–water partition coefficient (Wildman–Crippen LogP) is 1.66. The van der Waals surface area contributed by atoms with E-state index in [1.54, 1.807) is 11.8 Å². The molecule has 1 aliphatic heterocycles. The van der Waals surface area contributed by atoms with Crippen LogP contribution in [0.4, 0.5) is 5.69 Å². The maximum atomic E-state index is 11.1. The molecule has 1 unspecified atom stereocenters. The number of nitrogens with two attached hydrogens (primary N) is 1. The van der Waals surface area contributed by atoms with Crippen LogP contribution in [0.25, 0.3) is 0 Å². The van der Waals surface area contributed by atoms with Crippen molar-refractivity contribution in [3.63, 3.8) is 0 Å². The highest BCUT2D eigenvalue weighted by Gasteiger charge is 2.24. The molecule has 1 aromatic rings. The van der Waals surface area contributed by atoms with E-state index < -0.39 is 0 Å². The smallest absolute Gasteiger partial charge is 0.217 e. The third kappa shape index (κ3) is 3.04. The summed E-state index contributed by atoms with van der Waals surface area (Å²) in [6.45, 7) is 3.56. The van der Waals surface area contributed by atoms with E-state index in [9.17, 15) is 4.79 Å². The van der Waals surface area contributed by atoms with Crippen molar-refractivity contribution in [2.45, 2.75) is 25.9 Å². The summed E-state index contributed by atoms with van der Waals surface area (Å²) in [5.41, 5.74) is 7.51. The van der Waals surface area contributed by atoms with Gasteiger partial charge in [0.15, 0.2) is 0 Å². The van der Waals surface area contributed by atoms with Crippen molar-refractivity contribution in [2.75, 3.05) is 11.5 Å². The summed E-state index contributed by atoms with van der Waals surface area (Å²) < 4.78 is 0. The number of benzene rings is 1. The lowest BCUT2D eigenvalue weighted by molar-refractivity contribution is -0.119. The van der Waals surface area contributed by atoms with Crippen molar-refractivity contribution in [3.8, 4) is 0 Å². The van der Waals surface area contributed by atoms with Crippen molar-refractivity contribution in [1.82, 2.24) is 5.32 Å². The largest absolute Gasteiger partial charge is 0.399 e. The normalized spacial score (nSPS) is 23.3. The number of hydrogen-bond acceptors (Lipinski definition) is 4. The van der Waals surface area contributed by atoms with Gasteiger partial charge in [-0.1, -0.05) is 12.1 Å². The van der Waals surface area contributed by atoms with Crippen molar-refractivity contribution < 1.29 is 4.79 Å². The van der Waals surface area contributed by atoms with Crippen molar-refractivity contribution >= 4 is 28.4 Å². The molecule has 1 aromatic carbocycles. The fourth-order valence-corrected chi connectivity index (χ4v) is 3.07. The van der Waals surface area contributed by atoms with E-state index in [4.69, 9.17) is 5.73 Å². The van der Waals surface area contributed by atoms with Gasteiger partial charge in [0.05, 0.1) is 17.1 Å². The minimum Gasteiger partial charge on any atom is -0.399 e. The van der Waals surface area contributed by atoms with Crippen LogP contribution in [-0.2, 0) is 4.79 Å². The Morgan fingerprint density at radius 1 is 1.44 bits per heavy atom. The fraction of sp³-hybridized carbons (Fsp3) is 0.385. The number of nitrogens with zero attached hydrogens (tertiary/aromatic N) is 1. The molecule has 18 heavy (non-hydrogen) atoms. The molecule has 0 fully saturated rings. The van der Waals surface area contributed by atoms with E-state index in [0.29, 0.717) is 0 Å². The van der Waals surface area contributed by atoms with Gasteiger partial charge in [-0.15, -0.1) is 11.8 Å². The highest BCUT2D eigenvalue weighted by atomic mass is 32.2. The summed E-state index contributed by atoms with van der Waals surface area (Å²) in [5, 5.41) is 3.94. The second kappa shape index (κ2) is 5.44. The second-order valence-electron chi connectivity index (χ2n) is 4.41. The number of hydrogen-bond donors (Lipinski definition) is 2. The Morgan fingerprint density at radius 2 is 2.11 bits per heavy atom. The fourth-order valence-electron chi connectivity index (χ4n) is 1.83. The number of carbonyl (C=O) groups excluding carboxylic acids is 1. The maximum Gasteiger partial charge on any atom is 0.217 e. The molecule has 3 N–H and O–H groups in total. The Hall–Kier alpha value is -1.49. The zero-order chi connectivity index (χ0) is 13.1. The van der Waals surface area contributed by atoms with Gasteiger partial charge in [-0.05, 0) is 19.1 Å². The Balaban J connectivity index is 2.13. The Morgan fingerprint density at radius 3 is 2.67 bits per heavy atom. The molecule has 0 saturated heterocycles.